The Balaban J connectivity index is 2.67. The van der Waals surface area contributed by atoms with Crippen molar-refractivity contribution in [1.29, 1.82) is 5.26 Å². The van der Waals surface area contributed by atoms with Crippen molar-refractivity contribution in [3.8, 4) is 17.5 Å². The van der Waals surface area contributed by atoms with Gasteiger partial charge in [0.05, 0.1) is 5.69 Å². The number of benzene rings is 1. The predicted octanol–water partition coefficient (Wildman–Crippen LogP) is 2.58. The maximum atomic E-state index is 8.95. The summed E-state index contributed by atoms with van der Waals surface area (Å²) in [6, 6.07) is 10.2. The topological polar surface area (TPSA) is 41.6 Å². The quantitative estimate of drug-likeness (QED) is 0.727. The van der Waals surface area contributed by atoms with Crippen LogP contribution in [0.4, 0.5) is 0 Å². The van der Waals surface area contributed by atoms with E-state index in [2.05, 4.69) is 11.1 Å². The Morgan fingerprint density at radius 1 is 1.25 bits per heavy atom. The molecule has 80 valence electrons. The highest BCUT2D eigenvalue weighted by atomic mass is 15.1. The molecule has 0 aliphatic heterocycles. The average Bonchev–Trinajstić information content (AvgIpc) is 2.57. The molecule has 0 amide bonds. The molecule has 1 aromatic heterocycles. The first-order valence-corrected chi connectivity index (χ1v) is 5.14. The Labute approximate surface area is 95.0 Å². The standard InChI is InChI=1S/C13H13N3/c1-9-6-4-5-7-11(9)13-15-12(8-14)10(2)16(13)3/h4-7H,1-3H3. The largest absolute Gasteiger partial charge is 0.330 e. The first-order valence-electron chi connectivity index (χ1n) is 5.14. The molecule has 16 heavy (non-hydrogen) atoms. The van der Waals surface area contributed by atoms with Gasteiger partial charge in [0, 0.05) is 12.6 Å². The number of aromatic nitrogens is 2. The molecule has 0 N–H and O–H groups in total. The molecule has 0 fully saturated rings. The van der Waals surface area contributed by atoms with E-state index < -0.39 is 0 Å². The maximum absolute atomic E-state index is 8.95. The second kappa shape index (κ2) is 3.82. The number of nitrogens with zero attached hydrogens (tertiary/aromatic N) is 3. The van der Waals surface area contributed by atoms with E-state index in [1.807, 2.05) is 49.7 Å². The highest BCUT2D eigenvalue weighted by Gasteiger charge is 2.13. The van der Waals surface area contributed by atoms with Crippen LogP contribution in [0.25, 0.3) is 11.4 Å². The zero-order valence-corrected chi connectivity index (χ0v) is 9.65. The zero-order valence-electron chi connectivity index (χ0n) is 9.65. The number of nitriles is 1. The molecule has 2 aromatic rings. The van der Waals surface area contributed by atoms with E-state index in [0.717, 1.165) is 17.1 Å². The monoisotopic (exact) mass is 211 g/mol. The Hall–Kier alpha value is -2.08. The lowest BCUT2D eigenvalue weighted by molar-refractivity contribution is 0.882. The molecule has 0 bridgehead atoms. The van der Waals surface area contributed by atoms with E-state index >= 15 is 0 Å². The van der Waals surface area contributed by atoms with Crippen molar-refractivity contribution in [3.63, 3.8) is 0 Å². The van der Waals surface area contributed by atoms with Crippen LogP contribution in [0.3, 0.4) is 0 Å². The normalized spacial score (nSPS) is 10.1. The van der Waals surface area contributed by atoms with Gasteiger partial charge < -0.3 is 4.57 Å². The Bertz CT molecular complexity index is 573. The number of imidazole rings is 1. The summed E-state index contributed by atoms with van der Waals surface area (Å²) in [4.78, 5) is 4.36. The number of hydrogen-bond donors (Lipinski definition) is 0. The highest BCUT2D eigenvalue weighted by molar-refractivity contribution is 5.62. The summed E-state index contributed by atoms with van der Waals surface area (Å²) in [6.45, 7) is 3.96. The van der Waals surface area contributed by atoms with Gasteiger partial charge in [0.2, 0.25) is 0 Å². The summed E-state index contributed by atoms with van der Waals surface area (Å²) in [6.07, 6.45) is 0. The van der Waals surface area contributed by atoms with E-state index in [1.54, 1.807) is 0 Å². The molecule has 0 spiro atoms. The lowest BCUT2D eigenvalue weighted by atomic mass is 10.1. The highest BCUT2D eigenvalue weighted by Crippen LogP contribution is 2.23. The molecule has 0 radical (unpaired) electrons. The minimum Gasteiger partial charge on any atom is -0.330 e. The fourth-order valence-electron chi connectivity index (χ4n) is 1.75. The molecule has 1 heterocycles. The van der Waals surface area contributed by atoms with Crippen LogP contribution in [-0.4, -0.2) is 9.55 Å². The van der Waals surface area contributed by atoms with Gasteiger partial charge in [-0.2, -0.15) is 5.26 Å². The Kier molecular flexibility index (Phi) is 2.49. The molecule has 0 saturated carbocycles. The van der Waals surface area contributed by atoms with Crippen molar-refractivity contribution in [2.45, 2.75) is 13.8 Å². The van der Waals surface area contributed by atoms with Crippen molar-refractivity contribution in [3.05, 3.63) is 41.2 Å². The maximum Gasteiger partial charge on any atom is 0.162 e. The van der Waals surface area contributed by atoms with Crippen molar-refractivity contribution in [2.24, 2.45) is 7.05 Å². The van der Waals surface area contributed by atoms with Crippen molar-refractivity contribution >= 4 is 0 Å². The second-order valence-electron chi connectivity index (χ2n) is 3.86. The molecule has 3 heteroatoms. The number of rotatable bonds is 1. The van der Waals surface area contributed by atoms with Crippen LogP contribution < -0.4 is 0 Å². The van der Waals surface area contributed by atoms with Crippen molar-refractivity contribution in [1.82, 2.24) is 9.55 Å². The minimum absolute atomic E-state index is 0.501. The minimum atomic E-state index is 0.501. The summed E-state index contributed by atoms with van der Waals surface area (Å²) in [7, 11) is 1.94. The van der Waals surface area contributed by atoms with Gasteiger partial charge in [-0.05, 0) is 19.4 Å². The van der Waals surface area contributed by atoms with Gasteiger partial charge in [-0.25, -0.2) is 4.98 Å². The molecular weight excluding hydrogens is 198 g/mol. The van der Waals surface area contributed by atoms with Crippen LogP contribution in [0.15, 0.2) is 24.3 Å². The molecule has 0 aliphatic carbocycles. The summed E-state index contributed by atoms with van der Waals surface area (Å²) in [5.74, 6) is 0.854. The fourth-order valence-corrected chi connectivity index (χ4v) is 1.75. The summed E-state index contributed by atoms with van der Waals surface area (Å²) in [5, 5.41) is 8.95. The van der Waals surface area contributed by atoms with Gasteiger partial charge in [0.1, 0.15) is 11.9 Å². The van der Waals surface area contributed by atoms with E-state index in [9.17, 15) is 0 Å². The van der Waals surface area contributed by atoms with Gasteiger partial charge in [-0.1, -0.05) is 24.3 Å². The molecular formula is C13H13N3. The SMILES string of the molecule is Cc1ccccc1-c1nc(C#N)c(C)n1C. The van der Waals surface area contributed by atoms with Crippen LogP contribution in [0.1, 0.15) is 17.0 Å². The zero-order chi connectivity index (χ0) is 11.7. The molecule has 0 aliphatic rings. The van der Waals surface area contributed by atoms with Crippen LogP contribution in [0.2, 0.25) is 0 Å². The molecule has 0 atom stereocenters. The van der Waals surface area contributed by atoms with Crippen LogP contribution in [-0.2, 0) is 7.05 Å². The first-order chi connectivity index (χ1) is 7.65. The first kappa shape index (κ1) is 10.4. The summed E-state index contributed by atoms with van der Waals surface area (Å²) in [5.41, 5.74) is 3.65. The van der Waals surface area contributed by atoms with Gasteiger partial charge >= 0.3 is 0 Å². The summed E-state index contributed by atoms with van der Waals surface area (Å²) < 4.78 is 1.96. The van der Waals surface area contributed by atoms with Crippen LogP contribution in [0.5, 0.6) is 0 Å². The van der Waals surface area contributed by atoms with Crippen LogP contribution in [0, 0.1) is 25.2 Å². The van der Waals surface area contributed by atoms with Gasteiger partial charge in [-0.15, -0.1) is 0 Å². The Morgan fingerprint density at radius 3 is 2.50 bits per heavy atom. The molecule has 2 rings (SSSR count). The van der Waals surface area contributed by atoms with E-state index in [1.165, 1.54) is 5.56 Å². The van der Waals surface area contributed by atoms with Crippen molar-refractivity contribution in [2.75, 3.05) is 0 Å². The third-order valence-electron chi connectivity index (χ3n) is 2.87. The third-order valence-corrected chi connectivity index (χ3v) is 2.87. The second-order valence-corrected chi connectivity index (χ2v) is 3.86. The van der Waals surface area contributed by atoms with Gasteiger partial charge in [0.15, 0.2) is 5.69 Å². The summed E-state index contributed by atoms with van der Waals surface area (Å²) >= 11 is 0. The average molecular weight is 211 g/mol. The van der Waals surface area contributed by atoms with Gasteiger partial charge in [0.25, 0.3) is 0 Å². The Morgan fingerprint density at radius 2 is 1.94 bits per heavy atom. The molecule has 1 aromatic carbocycles. The third kappa shape index (κ3) is 1.49. The predicted molar refractivity (Wildman–Crippen MR) is 62.8 cm³/mol. The lowest BCUT2D eigenvalue weighted by Crippen LogP contribution is -1.96. The molecule has 0 saturated heterocycles. The lowest BCUT2D eigenvalue weighted by Gasteiger charge is -2.05. The molecule has 0 unspecified atom stereocenters. The number of aryl methyl sites for hydroxylation is 1. The smallest absolute Gasteiger partial charge is 0.162 e. The van der Waals surface area contributed by atoms with E-state index in [4.69, 9.17) is 5.26 Å². The van der Waals surface area contributed by atoms with Crippen molar-refractivity contribution < 1.29 is 0 Å². The molecule has 3 nitrogen and oxygen atoms in total. The number of hydrogen-bond acceptors (Lipinski definition) is 2. The van der Waals surface area contributed by atoms with Crippen LogP contribution >= 0.6 is 0 Å². The van der Waals surface area contributed by atoms with E-state index in [-0.39, 0.29) is 0 Å². The van der Waals surface area contributed by atoms with E-state index in [0.29, 0.717) is 5.69 Å². The fraction of sp³-hybridized carbons (Fsp3) is 0.231. The van der Waals surface area contributed by atoms with Gasteiger partial charge in [-0.3, -0.25) is 0 Å².